The molecule has 3 heterocycles. The first-order valence-corrected chi connectivity index (χ1v) is 7.00. The van der Waals surface area contributed by atoms with Crippen molar-refractivity contribution in [1.82, 2.24) is 20.0 Å². The number of hydrogen-bond donors (Lipinski definition) is 1. The zero-order valence-corrected chi connectivity index (χ0v) is 11.9. The Morgan fingerprint density at radius 2 is 1.95 bits per heavy atom. The predicted octanol–water partition coefficient (Wildman–Crippen LogP) is 0.929. The average Bonchev–Trinajstić information content (AvgIpc) is 3.01. The van der Waals surface area contributed by atoms with Gasteiger partial charge in [-0.15, -0.1) is 0 Å². The van der Waals surface area contributed by atoms with Crippen LogP contribution in [-0.2, 0) is 5.54 Å². The van der Waals surface area contributed by atoms with E-state index in [2.05, 4.69) is 31.2 Å². The van der Waals surface area contributed by atoms with Crippen LogP contribution in [0.4, 0.5) is 0 Å². The van der Waals surface area contributed by atoms with Crippen molar-refractivity contribution in [2.75, 3.05) is 26.2 Å². The van der Waals surface area contributed by atoms with Gasteiger partial charge in [-0.2, -0.15) is 5.10 Å². The summed E-state index contributed by atoms with van der Waals surface area (Å²) in [5.74, 6) is 1.41. The van der Waals surface area contributed by atoms with Crippen molar-refractivity contribution in [1.29, 1.82) is 0 Å². The Balaban J connectivity index is 1.73. The van der Waals surface area contributed by atoms with Gasteiger partial charge in [-0.05, 0) is 32.6 Å². The number of nitrogens with one attached hydrogen (secondary N) is 1. The molecule has 2 saturated heterocycles. The van der Waals surface area contributed by atoms with E-state index < -0.39 is 0 Å². The molecule has 3 rings (SSSR count). The Hall–Kier alpha value is -1.36. The maximum Gasteiger partial charge on any atom is 0.257 e. The van der Waals surface area contributed by atoms with Crippen LogP contribution in [0.5, 0.6) is 0 Å². The summed E-state index contributed by atoms with van der Waals surface area (Å²) in [6, 6.07) is 0. The monoisotopic (exact) mass is 262 g/mol. The molecule has 0 aromatic carbocycles. The fraction of sp³-hybridized carbons (Fsp3) is 0.714. The molecule has 0 spiro atoms. The quantitative estimate of drug-likeness (QED) is 0.819. The van der Waals surface area contributed by atoms with Gasteiger partial charge in [0.2, 0.25) is 0 Å². The number of carbonyl (C=O) groups is 1. The van der Waals surface area contributed by atoms with Crippen LogP contribution in [0.15, 0.2) is 12.4 Å². The van der Waals surface area contributed by atoms with E-state index in [1.807, 2.05) is 15.8 Å². The lowest BCUT2D eigenvalue weighted by atomic mass is 10.0. The molecule has 0 unspecified atom stereocenters. The lowest BCUT2D eigenvalue weighted by molar-refractivity contribution is 0.0781. The third-order valence-corrected chi connectivity index (χ3v) is 4.19. The molecule has 5 heteroatoms. The van der Waals surface area contributed by atoms with Crippen LogP contribution < -0.4 is 5.32 Å². The Morgan fingerprint density at radius 3 is 2.47 bits per heavy atom. The van der Waals surface area contributed by atoms with Gasteiger partial charge >= 0.3 is 0 Å². The Bertz CT molecular complexity index is 476. The molecule has 1 amide bonds. The van der Waals surface area contributed by atoms with E-state index in [4.69, 9.17) is 0 Å². The van der Waals surface area contributed by atoms with E-state index in [0.717, 1.165) is 26.2 Å². The molecular weight excluding hydrogens is 240 g/mol. The molecule has 1 aromatic heterocycles. The van der Waals surface area contributed by atoms with Crippen molar-refractivity contribution in [3.05, 3.63) is 18.0 Å². The van der Waals surface area contributed by atoms with Gasteiger partial charge in [0.25, 0.3) is 5.91 Å². The molecule has 2 atom stereocenters. The van der Waals surface area contributed by atoms with Gasteiger partial charge in [-0.1, -0.05) is 0 Å². The highest BCUT2D eigenvalue weighted by atomic mass is 16.2. The standard InChI is InChI=1S/C14H22N4O/c1-14(2,3)18-9-12(6-16-18)13(19)17-7-10-4-15-5-11(10)8-17/h6,9-11,15H,4-5,7-8H2,1-3H3/t10-,11+. The molecule has 1 aromatic rings. The largest absolute Gasteiger partial charge is 0.338 e. The van der Waals surface area contributed by atoms with E-state index >= 15 is 0 Å². The summed E-state index contributed by atoms with van der Waals surface area (Å²) in [4.78, 5) is 14.5. The normalized spacial score (nSPS) is 26.8. The lowest BCUT2D eigenvalue weighted by Gasteiger charge is -2.19. The van der Waals surface area contributed by atoms with Gasteiger partial charge in [-0.25, -0.2) is 0 Å². The van der Waals surface area contributed by atoms with Crippen LogP contribution in [0.25, 0.3) is 0 Å². The number of hydrogen-bond acceptors (Lipinski definition) is 3. The van der Waals surface area contributed by atoms with Gasteiger partial charge in [-0.3, -0.25) is 9.48 Å². The lowest BCUT2D eigenvalue weighted by Crippen LogP contribution is -2.31. The van der Waals surface area contributed by atoms with Crippen LogP contribution in [0, 0.1) is 11.8 Å². The maximum absolute atomic E-state index is 12.5. The zero-order valence-electron chi connectivity index (χ0n) is 11.9. The summed E-state index contributed by atoms with van der Waals surface area (Å²) in [7, 11) is 0. The first-order valence-electron chi connectivity index (χ1n) is 7.00. The van der Waals surface area contributed by atoms with E-state index in [1.165, 1.54) is 0 Å². The van der Waals surface area contributed by atoms with Crippen molar-refractivity contribution < 1.29 is 4.79 Å². The van der Waals surface area contributed by atoms with Crippen LogP contribution in [0.2, 0.25) is 0 Å². The van der Waals surface area contributed by atoms with Gasteiger partial charge in [0.05, 0.1) is 17.3 Å². The fourth-order valence-electron chi connectivity index (χ4n) is 3.00. The van der Waals surface area contributed by atoms with Crippen molar-refractivity contribution in [2.24, 2.45) is 11.8 Å². The molecule has 104 valence electrons. The smallest absolute Gasteiger partial charge is 0.257 e. The first kappa shape index (κ1) is 12.7. The van der Waals surface area contributed by atoms with E-state index in [-0.39, 0.29) is 11.4 Å². The van der Waals surface area contributed by atoms with Crippen molar-refractivity contribution in [2.45, 2.75) is 26.3 Å². The number of amides is 1. The maximum atomic E-state index is 12.5. The van der Waals surface area contributed by atoms with Crippen molar-refractivity contribution >= 4 is 5.91 Å². The average molecular weight is 262 g/mol. The molecule has 5 nitrogen and oxygen atoms in total. The number of likely N-dealkylation sites (tertiary alicyclic amines) is 1. The Kier molecular flexibility index (Phi) is 2.89. The molecule has 0 aliphatic carbocycles. The van der Waals surface area contributed by atoms with Gasteiger partial charge < -0.3 is 10.2 Å². The van der Waals surface area contributed by atoms with Gasteiger partial charge in [0.1, 0.15) is 0 Å². The number of fused-ring (bicyclic) bond motifs is 1. The predicted molar refractivity (Wildman–Crippen MR) is 73.0 cm³/mol. The SMILES string of the molecule is CC(C)(C)n1cc(C(=O)N2C[C@H]3CNC[C@H]3C2)cn1. The number of rotatable bonds is 1. The number of nitrogens with zero attached hydrogens (tertiary/aromatic N) is 3. The molecule has 0 saturated carbocycles. The summed E-state index contributed by atoms with van der Waals surface area (Å²) in [5.41, 5.74) is 0.632. The molecule has 0 bridgehead atoms. The number of aromatic nitrogens is 2. The summed E-state index contributed by atoms with van der Waals surface area (Å²) >= 11 is 0. The summed E-state index contributed by atoms with van der Waals surface area (Å²) in [6.45, 7) is 10.1. The molecule has 1 N–H and O–H groups in total. The molecule has 2 fully saturated rings. The molecule has 2 aliphatic heterocycles. The van der Waals surface area contributed by atoms with E-state index in [1.54, 1.807) is 6.20 Å². The second-order valence-corrected chi connectivity index (χ2v) is 6.73. The highest BCUT2D eigenvalue weighted by Crippen LogP contribution is 2.27. The fourth-order valence-corrected chi connectivity index (χ4v) is 3.00. The Morgan fingerprint density at radius 1 is 1.32 bits per heavy atom. The minimum Gasteiger partial charge on any atom is -0.338 e. The Labute approximate surface area is 114 Å². The molecule has 0 radical (unpaired) electrons. The minimum atomic E-state index is -0.0794. The molecule has 19 heavy (non-hydrogen) atoms. The van der Waals surface area contributed by atoms with Crippen LogP contribution in [-0.4, -0.2) is 46.8 Å². The van der Waals surface area contributed by atoms with E-state index in [9.17, 15) is 4.79 Å². The highest BCUT2D eigenvalue weighted by molar-refractivity contribution is 5.94. The van der Waals surface area contributed by atoms with Gasteiger partial charge in [0.15, 0.2) is 0 Å². The second kappa shape index (κ2) is 4.34. The summed E-state index contributed by atoms with van der Waals surface area (Å²) in [6.07, 6.45) is 3.56. The summed E-state index contributed by atoms with van der Waals surface area (Å²) in [5, 5.41) is 7.70. The van der Waals surface area contributed by atoms with Crippen molar-refractivity contribution in [3.8, 4) is 0 Å². The second-order valence-electron chi connectivity index (χ2n) is 6.73. The molecule has 2 aliphatic rings. The third-order valence-electron chi connectivity index (χ3n) is 4.19. The third kappa shape index (κ3) is 2.27. The summed E-state index contributed by atoms with van der Waals surface area (Å²) < 4.78 is 1.86. The van der Waals surface area contributed by atoms with Gasteiger partial charge in [0, 0.05) is 32.4 Å². The van der Waals surface area contributed by atoms with Crippen LogP contribution in [0.3, 0.4) is 0 Å². The highest BCUT2D eigenvalue weighted by Gasteiger charge is 2.38. The van der Waals surface area contributed by atoms with Crippen LogP contribution in [0.1, 0.15) is 31.1 Å². The van der Waals surface area contributed by atoms with Crippen LogP contribution >= 0.6 is 0 Å². The van der Waals surface area contributed by atoms with E-state index in [0.29, 0.717) is 17.4 Å². The topological polar surface area (TPSA) is 50.2 Å². The number of carbonyl (C=O) groups excluding carboxylic acids is 1. The minimum absolute atomic E-state index is 0.0794. The zero-order chi connectivity index (χ0) is 13.6. The van der Waals surface area contributed by atoms with Crippen molar-refractivity contribution in [3.63, 3.8) is 0 Å². The molecular formula is C14H22N4O. The first-order chi connectivity index (χ1) is 8.95.